The maximum atomic E-state index is 13.7. The molecule has 0 bridgehead atoms. The molecule has 1 N–H and O–H groups in total. The zero-order valence-electron chi connectivity index (χ0n) is 17.2. The molecule has 0 saturated heterocycles. The Morgan fingerprint density at radius 2 is 1.90 bits per heavy atom. The molecule has 0 unspecified atom stereocenters. The topological polar surface area (TPSA) is 70.1 Å². The van der Waals surface area contributed by atoms with Gasteiger partial charge in [0.25, 0.3) is 0 Å². The molecule has 3 aromatic rings. The van der Waals surface area contributed by atoms with Gasteiger partial charge in [-0.3, -0.25) is 9.69 Å². The molecule has 158 valence electrons. The number of thiophene rings is 1. The van der Waals surface area contributed by atoms with Crippen LogP contribution in [-0.2, 0) is 22.6 Å². The van der Waals surface area contributed by atoms with Gasteiger partial charge in [-0.25, -0.2) is 9.18 Å². The first kappa shape index (κ1) is 21.7. The van der Waals surface area contributed by atoms with E-state index in [2.05, 4.69) is 0 Å². The summed E-state index contributed by atoms with van der Waals surface area (Å²) >= 11 is 1.23. The molecule has 0 radical (unpaired) electrons. The van der Waals surface area contributed by atoms with E-state index in [1.54, 1.807) is 18.2 Å². The molecule has 0 aliphatic heterocycles. The number of methoxy groups -OCH3 is 1. The molecular weight excluding hydrogens is 407 g/mol. The third-order valence-corrected chi connectivity index (χ3v) is 5.92. The Bertz CT molecular complexity index is 1110. The second kappa shape index (κ2) is 8.81. The summed E-state index contributed by atoms with van der Waals surface area (Å²) in [6.07, 6.45) is 0. The van der Waals surface area contributed by atoms with E-state index in [0.29, 0.717) is 32.8 Å². The number of nitrogens with zero attached hydrogens (tertiary/aromatic N) is 2. The Hall–Kier alpha value is -2.97. The van der Waals surface area contributed by atoms with Gasteiger partial charge in [-0.2, -0.15) is 0 Å². The standard InChI is InChI=1S/C22H23FN2O4S/c1-13(26)25(11-14-6-5-7-15(23)10-14)21-19(22(28)29-4)16-8-9-18(27)17(12-24(2)3)20(16)30-21/h5-10,27H,11-12H2,1-4H3. The predicted molar refractivity (Wildman–Crippen MR) is 115 cm³/mol. The predicted octanol–water partition coefficient (Wildman–Crippen LogP) is 4.15. The minimum atomic E-state index is -0.580. The number of carbonyl (C=O) groups is 2. The summed E-state index contributed by atoms with van der Waals surface area (Å²) in [5, 5.41) is 11.4. The van der Waals surface area contributed by atoms with E-state index in [9.17, 15) is 19.1 Å². The van der Waals surface area contributed by atoms with Gasteiger partial charge in [-0.1, -0.05) is 12.1 Å². The number of hydrogen-bond donors (Lipinski definition) is 1. The van der Waals surface area contributed by atoms with Crippen molar-refractivity contribution in [2.75, 3.05) is 26.1 Å². The molecular formula is C22H23FN2O4S. The van der Waals surface area contributed by atoms with Gasteiger partial charge in [0.05, 0.1) is 13.7 Å². The van der Waals surface area contributed by atoms with Crippen LogP contribution in [0, 0.1) is 5.82 Å². The number of esters is 1. The van der Waals surface area contributed by atoms with E-state index in [-0.39, 0.29) is 23.8 Å². The van der Waals surface area contributed by atoms with Crippen molar-refractivity contribution in [2.45, 2.75) is 20.0 Å². The average Bonchev–Trinajstić information content (AvgIpc) is 3.06. The van der Waals surface area contributed by atoms with Crippen molar-refractivity contribution in [3.63, 3.8) is 0 Å². The van der Waals surface area contributed by atoms with Gasteiger partial charge in [0, 0.05) is 29.1 Å². The first-order valence-electron chi connectivity index (χ1n) is 9.25. The maximum Gasteiger partial charge on any atom is 0.341 e. The molecule has 6 nitrogen and oxygen atoms in total. The van der Waals surface area contributed by atoms with Crippen molar-refractivity contribution in [1.29, 1.82) is 0 Å². The number of rotatable bonds is 6. The number of phenols is 1. The van der Waals surface area contributed by atoms with Crippen LogP contribution in [0.2, 0.25) is 0 Å². The molecule has 0 aliphatic rings. The molecule has 30 heavy (non-hydrogen) atoms. The Morgan fingerprint density at radius 1 is 1.17 bits per heavy atom. The molecule has 0 aliphatic carbocycles. The number of fused-ring (bicyclic) bond motifs is 1. The molecule has 1 heterocycles. The van der Waals surface area contributed by atoms with Gasteiger partial charge in [0.2, 0.25) is 5.91 Å². The fourth-order valence-electron chi connectivity index (χ4n) is 3.30. The highest BCUT2D eigenvalue weighted by Crippen LogP contribution is 2.43. The highest BCUT2D eigenvalue weighted by atomic mass is 32.1. The van der Waals surface area contributed by atoms with Crippen LogP contribution >= 0.6 is 11.3 Å². The maximum absolute atomic E-state index is 13.7. The highest BCUT2D eigenvalue weighted by molar-refractivity contribution is 7.23. The van der Waals surface area contributed by atoms with E-state index in [1.165, 1.54) is 48.5 Å². The van der Waals surface area contributed by atoms with E-state index in [0.717, 1.165) is 0 Å². The van der Waals surface area contributed by atoms with Gasteiger partial charge in [-0.05, 0) is 43.9 Å². The lowest BCUT2D eigenvalue weighted by Crippen LogP contribution is -2.28. The molecule has 0 spiro atoms. The van der Waals surface area contributed by atoms with Crippen molar-refractivity contribution in [3.05, 3.63) is 58.9 Å². The summed E-state index contributed by atoms with van der Waals surface area (Å²) in [7, 11) is 5.03. The zero-order valence-corrected chi connectivity index (χ0v) is 18.0. The van der Waals surface area contributed by atoms with Crippen molar-refractivity contribution in [2.24, 2.45) is 0 Å². The van der Waals surface area contributed by atoms with Crippen LogP contribution in [0.15, 0.2) is 36.4 Å². The van der Waals surface area contributed by atoms with Crippen LogP contribution in [0.3, 0.4) is 0 Å². The van der Waals surface area contributed by atoms with Gasteiger partial charge >= 0.3 is 5.97 Å². The van der Waals surface area contributed by atoms with E-state index >= 15 is 0 Å². The van der Waals surface area contributed by atoms with Crippen LogP contribution in [0.1, 0.15) is 28.4 Å². The Balaban J connectivity index is 2.23. The molecule has 0 fully saturated rings. The fourth-order valence-corrected chi connectivity index (χ4v) is 4.66. The van der Waals surface area contributed by atoms with Crippen molar-refractivity contribution < 1.29 is 23.8 Å². The number of halogens is 1. The second-order valence-corrected chi connectivity index (χ2v) is 8.19. The van der Waals surface area contributed by atoms with Gasteiger partial charge in [-0.15, -0.1) is 11.3 Å². The summed E-state index contributed by atoms with van der Waals surface area (Å²) in [6.45, 7) is 1.94. The third-order valence-electron chi connectivity index (χ3n) is 4.64. The smallest absolute Gasteiger partial charge is 0.341 e. The van der Waals surface area contributed by atoms with Gasteiger partial charge < -0.3 is 14.7 Å². The highest BCUT2D eigenvalue weighted by Gasteiger charge is 2.28. The molecule has 0 atom stereocenters. The lowest BCUT2D eigenvalue weighted by molar-refractivity contribution is -0.116. The SMILES string of the molecule is COC(=O)c1c(N(Cc2cccc(F)c2)C(C)=O)sc2c(CN(C)C)c(O)ccc12. The number of carbonyl (C=O) groups excluding carboxylic acids is 2. The first-order valence-corrected chi connectivity index (χ1v) is 10.1. The number of benzene rings is 2. The first-order chi connectivity index (χ1) is 14.2. The quantitative estimate of drug-likeness (QED) is 0.595. The zero-order chi connectivity index (χ0) is 22.0. The van der Waals surface area contributed by atoms with Crippen LogP contribution in [0.25, 0.3) is 10.1 Å². The summed E-state index contributed by atoms with van der Waals surface area (Å²) in [5.74, 6) is -1.17. The summed E-state index contributed by atoms with van der Waals surface area (Å²) in [4.78, 5) is 28.5. The third kappa shape index (κ3) is 4.29. The number of ether oxygens (including phenoxy) is 1. The lowest BCUT2D eigenvalue weighted by atomic mass is 10.1. The van der Waals surface area contributed by atoms with Crippen LogP contribution in [0.4, 0.5) is 9.39 Å². The summed E-state index contributed by atoms with van der Waals surface area (Å²) in [5.41, 5.74) is 1.51. The number of aromatic hydroxyl groups is 1. The van der Waals surface area contributed by atoms with E-state index < -0.39 is 11.8 Å². The van der Waals surface area contributed by atoms with Crippen molar-refractivity contribution in [1.82, 2.24) is 4.90 Å². The van der Waals surface area contributed by atoms with Crippen LogP contribution < -0.4 is 4.90 Å². The van der Waals surface area contributed by atoms with Crippen LogP contribution in [0.5, 0.6) is 5.75 Å². The Kier molecular flexibility index (Phi) is 6.38. The molecule has 1 amide bonds. The Labute approximate surface area is 178 Å². The number of amides is 1. The van der Waals surface area contributed by atoms with Gasteiger partial charge in [0.15, 0.2) is 0 Å². The number of anilines is 1. The largest absolute Gasteiger partial charge is 0.508 e. The second-order valence-electron chi connectivity index (χ2n) is 7.19. The van der Waals surface area contributed by atoms with E-state index in [4.69, 9.17) is 4.74 Å². The summed E-state index contributed by atoms with van der Waals surface area (Å²) in [6, 6.07) is 9.16. The van der Waals surface area contributed by atoms with Gasteiger partial charge in [0.1, 0.15) is 22.1 Å². The number of hydrogen-bond acceptors (Lipinski definition) is 6. The fraction of sp³-hybridized carbons (Fsp3) is 0.273. The molecule has 3 rings (SSSR count). The normalized spacial score (nSPS) is 11.1. The molecule has 8 heteroatoms. The number of phenolic OH excluding ortho intramolecular Hbond substituents is 1. The van der Waals surface area contributed by atoms with Crippen LogP contribution in [-0.4, -0.2) is 43.1 Å². The lowest BCUT2D eigenvalue weighted by Gasteiger charge is -2.21. The average molecular weight is 431 g/mol. The van der Waals surface area contributed by atoms with E-state index in [1.807, 2.05) is 19.0 Å². The monoisotopic (exact) mass is 430 g/mol. The molecule has 1 aromatic heterocycles. The summed E-state index contributed by atoms with van der Waals surface area (Å²) < 4.78 is 19.4. The van der Waals surface area contributed by atoms with Crippen molar-refractivity contribution >= 4 is 38.3 Å². The minimum Gasteiger partial charge on any atom is -0.508 e. The minimum absolute atomic E-state index is 0.0961. The Morgan fingerprint density at radius 3 is 2.50 bits per heavy atom. The van der Waals surface area contributed by atoms with Crippen molar-refractivity contribution in [3.8, 4) is 5.75 Å². The molecule has 2 aromatic carbocycles. The molecule has 0 saturated carbocycles.